The highest BCUT2D eigenvalue weighted by Gasteiger charge is 2.15. The van der Waals surface area contributed by atoms with Crippen molar-refractivity contribution in [2.24, 2.45) is 0 Å². The molecule has 0 spiro atoms. The smallest absolute Gasteiger partial charge is 0.253 e. The summed E-state index contributed by atoms with van der Waals surface area (Å²) in [5.41, 5.74) is 0.294. The molecular formula is C11H16N2O2. The lowest BCUT2D eigenvalue weighted by Gasteiger charge is -2.20. The summed E-state index contributed by atoms with van der Waals surface area (Å²) in [5, 5.41) is 2.85. The average molecular weight is 208 g/mol. The normalized spacial score (nSPS) is 10.9. The number of nitrogens with zero attached hydrogens (tertiary/aromatic N) is 1. The summed E-state index contributed by atoms with van der Waals surface area (Å²) in [6.45, 7) is 5.80. The standard InChI is InChI=1S/C11H16N2O2/c1-11(2,3)13-10(14)8-5-6-9(15-4)12-7-8/h5-7H,1-4H3,(H,13,14). The zero-order valence-corrected chi connectivity index (χ0v) is 9.50. The molecule has 4 nitrogen and oxygen atoms in total. The Bertz CT molecular complexity index is 339. The molecule has 15 heavy (non-hydrogen) atoms. The van der Waals surface area contributed by atoms with Crippen LogP contribution in [0.5, 0.6) is 5.88 Å². The van der Waals surface area contributed by atoms with Gasteiger partial charge >= 0.3 is 0 Å². The van der Waals surface area contributed by atoms with Crippen molar-refractivity contribution in [1.82, 2.24) is 10.3 Å². The molecule has 0 aliphatic rings. The quantitative estimate of drug-likeness (QED) is 0.803. The zero-order chi connectivity index (χ0) is 11.5. The van der Waals surface area contributed by atoms with Gasteiger partial charge in [0.1, 0.15) is 0 Å². The van der Waals surface area contributed by atoms with Gasteiger partial charge in [-0.15, -0.1) is 0 Å². The Kier molecular flexibility index (Phi) is 3.29. The molecule has 0 radical (unpaired) electrons. The third kappa shape index (κ3) is 3.58. The number of hydrogen-bond donors (Lipinski definition) is 1. The van der Waals surface area contributed by atoms with Crippen molar-refractivity contribution in [2.45, 2.75) is 26.3 Å². The number of nitrogens with one attached hydrogen (secondary N) is 1. The van der Waals surface area contributed by atoms with Gasteiger partial charge in [-0.3, -0.25) is 4.79 Å². The van der Waals surface area contributed by atoms with E-state index in [1.54, 1.807) is 12.1 Å². The molecule has 0 aliphatic heterocycles. The zero-order valence-electron chi connectivity index (χ0n) is 9.50. The molecule has 1 N–H and O–H groups in total. The molecule has 4 heteroatoms. The third-order valence-electron chi connectivity index (χ3n) is 1.70. The molecule has 0 unspecified atom stereocenters. The second-order valence-electron chi connectivity index (χ2n) is 4.29. The minimum Gasteiger partial charge on any atom is -0.481 e. The van der Waals surface area contributed by atoms with E-state index in [1.807, 2.05) is 20.8 Å². The van der Waals surface area contributed by atoms with Crippen molar-refractivity contribution in [1.29, 1.82) is 0 Å². The summed E-state index contributed by atoms with van der Waals surface area (Å²) < 4.78 is 4.91. The first-order valence-corrected chi connectivity index (χ1v) is 4.75. The third-order valence-corrected chi connectivity index (χ3v) is 1.70. The average Bonchev–Trinajstić information content (AvgIpc) is 2.15. The minimum atomic E-state index is -0.239. The van der Waals surface area contributed by atoms with Crippen LogP contribution in [0.15, 0.2) is 18.3 Å². The second kappa shape index (κ2) is 4.29. The molecule has 0 saturated carbocycles. The van der Waals surface area contributed by atoms with E-state index in [4.69, 9.17) is 4.74 Å². The van der Waals surface area contributed by atoms with Gasteiger partial charge in [-0.05, 0) is 26.8 Å². The van der Waals surface area contributed by atoms with Gasteiger partial charge < -0.3 is 10.1 Å². The first-order valence-electron chi connectivity index (χ1n) is 4.75. The van der Waals surface area contributed by atoms with Gasteiger partial charge in [-0.2, -0.15) is 0 Å². The lowest BCUT2D eigenvalue weighted by Crippen LogP contribution is -2.40. The van der Waals surface area contributed by atoms with Gasteiger partial charge in [0.25, 0.3) is 5.91 Å². The van der Waals surface area contributed by atoms with Gasteiger partial charge in [-0.25, -0.2) is 4.98 Å². The first-order chi connectivity index (χ1) is 6.92. The van der Waals surface area contributed by atoms with Gasteiger partial charge in [0.15, 0.2) is 0 Å². The Hall–Kier alpha value is -1.58. The minimum absolute atomic E-state index is 0.127. The van der Waals surface area contributed by atoms with Crippen LogP contribution in [-0.4, -0.2) is 23.5 Å². The largest absolute Gasteiger partial charge is 0.481 e. The highest BCUT2D eigenvalue weighted by Crippen LogP contribution is 2.08. The Labute approximate surface area is 89.7 Å². The molecule has 1 aromatic rings. The molecule has 0 saturated heterocycles. The fourth-order valence-corrected chi connectivity index (χ4v) is 1.05. The lowest BCUT2D eigenvalue weighted by atomic mass is 10.1. The molecular weight excluding hydrogens is 192 g/mol. The van der Waals surface area contributed by atoms with Gasteiger partial charge in [0.05, 0.1) is 12.7 Å². The maximum absolute atomic E-state index is 11.7. The van der Waals surface area contributed by atoms with E-state index >= 15 is 0 Å². The Morgan fingerprint density at radius 2 is 2.07 bits per heavy atom. The predicted molar refractivity (Wildman–Crippen MR) is 58.0 cm³/mol. The number of pyridine rings is 1. The van der Waals surface area contributed by atoms with Crippen LogP contribution in [0.1, 0.15) is 31.1 Å². The number of methoxy groups -OCH3 is 1. The van der Waals surface area contributed by atoms with Crippen molar-refractivity contribution in [3.05, 3.63) is 23.9 Å². The number of carbonyl (C=O) groups is 1. The van der Waals surface area contributed by atoms with E-state index in [0.717, 1.165) is 0 Å². The van der Waals surface area contributed by atoms with E-state index < -0.39 is 0 Å². The van der Waals surface area contributed by atoms with Crippen molar-refractivity contribution in [2.75, 3.05) is 7.11 Å². The van der Waals surface area contributed by atoms with Crippen LogP contribution in [-0.2, 0) is 0 Å². The van der Waals surface area contributed by atoms with E-state index in [9.17, 15) is 4.79 Å². The fourth-order valence-electron chi connectivity index (χ4n) is 1.05. The van der Waals surface area contributed by atoms with E-state index in [2.05, 4.69) is 10.3 Å². The number of hydrogen-bond acceptors (Lipinski definition) is 3. The maximum atomic E-state index is 11.7. The van der Waals surface area contributed by atoms with Crippen LogP contribution >= 0.6 is 0 Å². The number of carbonyl (C=O) groups excluding carboxylic acids is 1. The lowest BCUT2D eigenvalue weighted by molar-refractivity contribution is 0.0919. The number of amides is 1. The van der Waals surface area contributed by atoms with Crippen molar-refractivity contribution in [3.63, 3.8) is 0 Å². The summed E-state index contributed by atoms with van der Waals surface area (Å²) in [6, 6.07) is 3.35. The molecule has 82 valence electrons. The summed E-state index contributed by atoms with van der Waals surface area (Å²) in [4.78, 5) is 15.6. The van der Waals surface area contributed by atoms with Gasteiger partial charge in [-0.1, -0.05) is 0 Å². The van der Waals surface area contributed by atoms with Crippen molar-refractivity contribution < 1.29 is 9.53 Å². The molecule has 1 amide bonds. The molecule has 0 bridgehead atoms. The summed E-state index contributed by atoms with van der Waals surface area (Å²) in [6.07, 6.45) is 1.50. The van der Waals surface area contributed by atoms with Gasteiger partial charge in [0, 0.05) is 17.8 Å². The van der Waals surface area contributed by atoms with Crippen LogP contribution in [0.4, 0.5) is 0 Å². The maximum Gasteiger partial charge on any atom is 0.253 e. The Balaban J connectivity index is 2.75. The van der Waals surface area contributed by atoms with E-state index in [-0.39, 0.29) is 11.4 Å². The second-order valence-corrected chi connectivity index (χ2v) is 4.29. The van der Waals surface area contributed by atoms with Crippen molar-refractivity contribution in [3.8, 4) is 5.88 Å². The van der Waals surface area contributed by atoms with Crippen LogP contribution in [0, 0.1) is 0 Å². The SMILES string of the molecule is COc1ccc(C(=O)NC(C)(C)C)cn1. The monoisotopic (exact) mass is 208 g/mol. The van der Waals surface area contributed by atoms with Crippen LogP contribution in [0.2, 0.25) is 0 Å². The van der Waals surface area contributed by atoms with Crippen LogP contribution in [0.3, 0.4) is 0 Å². The molecule has 1 rings (SSSR count). The summed E-state index contributed by atoms with van der Waals surface area (Å²) in [7, 11) is 1.54. The molecule has 0 atom stereocenters. The van der Waals surface area contributed by atoms with Crippen molar-refractivity contribution >= 4 is 5.91 Å². The van der Waals surface area contributed by atoms with E-state index in [0.29, 0.717) is 11.4 Å². The first kappa shape index (κ1) is 11.5. The van der Waals surface area contributed by atoms with E-state index in [1.165, 1.54) is 13.3 Å². The number of aromatic nitrogens is 1. The van der Waals surface area contributed by atoms with Gasteiger partial charge in [0.2, 0.25) is 5.88 Å². The topological polar surface area (TPSA) is 51.2 Å². The highest BCUT2D eigenvalue weighted by atomic mass is 16.5. The fraction of sp³-hybridized carbons (Fsp3) is 0.455. The molecule has 1 heterocycles. The number of ether oxygens (including phenoxy) is 1. The molecule has 0 fully saturated rings. The highest BCUT2D eigenvalue weighted by molar-refractivity contribution is 5.94. The molecule has 0 aromatic carbocycles. The number of rotatable bonds is 2. The Morgan fingerprint density at radius 1 is 1.40 bits per heavy atom. The summed E-state index contributed by atoms with van der Waals surface area (Å²) in [5.74, 6) is 0.375. The predicted octanol–water partition coefficient (Wildman–Crippen LogP) is 1.62. The molecule has 1 aromatic heterocycles. The molecule has 0 aliphatic carbocycles. The van der Waals surface area contributed by atoms with Crippen LogP contribution in [0.25, 0.3) is 0 Å². The summed E-state index contributed by atoms with van der Waals surface area (Å²) >= 11 is 0. The Morgan fingerprint density at radius 3 is 2.47 bits per heavy atom. The van der Waals surface area contributed by atoms with Crippen LogP contribution < -0.4 is 10.1 Å².